The van der Waals surface area contributed by atoms with Crippen molar-refractivity contribution < 1.29 is 9.90 Å². The molecule has 1 heterocycles. The Balaban J connectivity index is 2.32. The zero-order valence-corrected chi connectivity index (χ0v) is 9.67. The van der Waals surface area contributed by atoms with Crippen LogP contribution in [0.4, 0.5) is 5.82 Å². The molecule has 86 valence electrons. The number of carboxylic acids is 1. The van der Waals surface area contributed by atoms with E-state index in [4.69, 9.17) is 5.11 Å². The Morgan fingerprint density at radius 1 is 1.62 bits per heavy atom. The predicted octanol–water partition coefficient (Wildman–Crippen LogP) is 2.11. The lowest BCUT2D eigenvalue weighted by molar-refractivity contribution is 0.0696. The molecule has 0 bridgehead atoms. The molecule has 0 amide bonds. The van der Waals surface area contributed by atoms with Crippen molar-refractivity contribution in [3.05, 3.63) is 36.5 Å². The number of pyridine rings is 1. The van der Waals surface area contributed by atoms with E-state index in [0.29, 0.717) is 5.82 Å². The van der Waals surface area contributed by atoms with Crippen LogP contribution in [-0.2, 0) is 0 Å². The van der Waals surface area contributed by atoms with E-state index < -0.39 is 5.97 Å². The highest BCUT2D eigenvalue weighted by Gasteiger charge is 2.01. The number of anilines is 1. The number of nitrogens with zero attached hydrogens (tertiary/aromatic N) is 1. The summed E-state index contributed by atoms with van der Waals surface area (Å²) in [4.78, 5) is 14.6. The smallest absolute Gasteiger partial charge is 0.337 e. The summed E-state index contributed by atoms with van der Waals surface area (Å²) in [6.07, 6.45) is 3.21. The van der Waals surface area contributed by atoms with Crippen molar-refractivity contribution in [1.29, 1.82) is 0 Å². The number of aromatic nitrogens is 1. The van der Waals surface area contributed by atoms with Crippen LogP contribution in [0.3, 0.4) is 0 Å². The normalized spacial score (nSPS) is 9.75. The number of nitrogens with one attached hydrogen (secondary N) is 1. The summed E-state index contributed by atoms with van der Waals surface area (Å²) in [5, 5.41) is 11.8. The van der Waals surface area contributed by atoms with Gasteiger partial charge in [0.2, 0.25) is 0 Å². The first-order valence-corrected chi connectivity index (χ1v) is 6.01. The van der Waals surface area contributed by atoms with E-state index >= 15 is 0 Å². The Morgan fingerprint density at radius 3 is 3.00 bits per heavy atom. The molecule has 0 unspecified atom stereocenters. The standard InChI is InChI=1S/C11H14N2O2S/c1-2-6-16-7-5-12-10-4-3-9(8-13-10)11(14)15/h2-4,8H,1,5-7H2,(H,12,13)(H,14,15). The summed E-state index contributed by atoms with van der Waals surface area (Å²) in [6.45, 7) is 4.44. The van der Waals surface area contributed by atoms with Crippen LogP contribution in [0, 0.1) is 0 Å². The fourth-order valence-electron chi connectivity index (χ4n) is 1.04. The minimum Gasteiger partial charge on any atom is -0.478 e. The van der Waals surface area contributed by atoms with Gasteiger partial charge in [-0.1, -0.05) is 6.08 Å². The highest BCUT2D eigenvalue weighted by molar-refractivity contribution is 7.99. The van der Waals surface area contributed by atoms with Gasteiger partial charge in [0, 0.05) is 24.2 Å². The fourth-order valence-corrected chi connectivity index (χ4v) is 1.62. The third-order valence-corrected chi connectivity index (χ3v) is 2.76. The summed E-state index contributed by atoms with van der Waals surface area (Å²) in [5.74, 6) is 1.64. The number of carbonyl (C=O) groups is 1. The minimum atomic E-state index is -0.958. The van der Waals surface area contributed by atoms with E-state index in [1.54, 1.807) is 17.8 Å². The maximum Gasteiger partial charge on any atom is 0.337 e. The van der Waals surface area contributed by atoms with Gasteiger partial charge in [-0.2, -0.15) is 11.8 Å². The van der Waals surface area contributed by atoms with Crippen molar-refractivity contribution in [3.63, 3.8) is 0 Å². The number of carboxylic acid groups (broad SMARTS) is 1. The third-order valence-electron chi connectivity index (χ3n) is 1.80. The molecule has 0 fully saturated rings. The van der Waals surface area contributed by atoms with Gasteiger partial charge in [-0.05, 0) is 12.1 Å². The lowest BCUT2D eigenvalue weighted by Crippen LogP contribution is -2.06. The minimum absolute atomic E-state index is 0.201. The zero-order valence-electron chi connectivity index (χ0n) is 8.85. The van der Waals surface area contributed by atoms with E-state index in [-0.39, 0.29) is 5.56 Å². The van der Waals surface area contributed by atoms with Gasteiger partial charge in [0.25, 0.3) is 0 Å². The van der Waals surface area contributed by atoms with Gasteiger partial charge in [-0.15, -0.1) is 6.58 Å². The molecule has 16 heavy (non-hydrogen) atoms. The van der Waals surface area contributed by atoms with E-state index in [1.165, 1.54) is 12.3 Å². The average Bonchev–Trinajstić information content (AvgIpc) is 2.29. The number of hydrogen-bond acceptors (Lipinski definition) is 4. The van der Waals surface area contributed by atoms with Gasteiger partial charge in [0.15, 0.2) is 0 Å². The summed E-state index contributed by atoms with van der Waals surface area (Å²) in [6, 6.07) is 3.20. The molecule has 1 rings (SSSR count). The molecule has 0 aliphatic heterocycles. The molecular weight excluding hydrogens is 224 g/mol. The van der Waals surface area contributed by atoms with Gasteiger partial charge in [0.05, 0.1) is 5.56 Å². The lowest BCUT2D eigenvalue weighted by atomic mass is 10.3. The summed E-state index contributed by atoms with van der Waals surface area (Å²) in [5.41, 5.74) is 0.201. The zero-order chi connectivity index (χ0) is 11.8. The Kier molecular flexibility index (Phi) is 5.42. The molecule has 0 aliphatic rings. The predicted molar refractivity (Wildman–Crippen MR) is 67.2 cm³/mol. The molecule has 1 aromatic heterocycles. The Labute approximate surface area is 98.8 Å². The van der Waals surface area contributed by atoms with Crippen molar-refractivity contribution in [2.24, 2.45) is 0 Å². The lowest BCUT2D eigenvalue weighted by Gasteiger charge is -2.04. The van der Waals surface area contributed by atoms with Crippen LogP contribution in [0.15, 0.2) is 31.0 Å². The monoisotopic (exact) mass is 238 g/mol. The van der Waals surface area contributed by atoms with Crippen molar-refractivity contribution >= 4 is 23.5 Å². The quantitative estimate of drug-likeness (QED) is 0.562. The molecule has 1 aromatic rings. The first-order valence-electron chi connectivity index (χ1n) is 4.86. The molecule has 0 aliphatic carbocycles. The molecule has 5 heteroatoms. The van der Waals surface area contributed by atoms with E-state index in [2.05, 4.69) is 16.9 Å². The highest BCUT2D eigenvalue weighted by atomic mass is 32.2. The van der Waals surface area contributed by atoms with Crippen LogP contribution >= 0.6 is 11.8 Å². The molecule has 0 aromatic carbocycles. The Bertz CT molecular complexity index is 352. The molecule has 2 N–H and O–H groups in total. The molecule has 0 saturated carbocycles. The van der Waals surface area contributed by atoms with E-state index in [1.807, 2.05) is 6.08 Å². The maximum absolute atomic E-state index is 10.6. The molecule has 4 nitrogen and oxygen atoms in total. The number of rotatable bonds is 7. The van der Waals surface area contributed by atoms with Gasteiger partial charge in [0.1, 0.15) is 5.82 Å². The van der Waals surface area contributed by atoms with Crippen molar-refractivity contribution in [2.75, 3.05) is 23.4 Å². The van der Waals surface area contributed by atoms with E-state index in [9.17, 15) is 4.79 Å². The van der Waals surface area contributed by atoms with Gasteiger partial charge >= 0.3 is 5.97 Å². The second kappa shape index (κ2) is 6.90. The van der Waals surface area contributed by atoms with Gasteiger partial charge in [-0.3, -0.25) is 0 Å². The molecule has 0 saturated heterocycles. The van der Waals surface area contributed by atoms with Crippen LogP contribution in [0.5, 0.6) is 0 Å². The largest absolute Gasteiger partial charge is 0.478 e. The average molecular weight is 238 g/mol. The molecular formula is C11H14N2O2S. The van der Waals surface area contributed by atoms with Gasteiger partial charge in [-0.25, -0.2) is 9.78 Å². The van der Waals surface area contributed by atoms with Crippen LogP contribution in [0.1, 0.15) is 10.4 Å². The number of aromatic carboxylic acids is 1. The van der Waals surface area contributed by atoms with E-state index in [0.717, 1.165) is 18.1 Å². The molecule has 0 radical (unpaired) electrons. The van der Waals surface area contributed by atoms with Crippen molar-refractivity contribution in [2.45, 2.75) is 0 Å². The third kappa shape index (κ3) is 4.35. The second-order valence-corrected chi connectivity index (χ2v) is 4.18. The molecule has 0 atom stereocenters. The van der Waals surface area contributed by atoms with Gasteiger partial charge < -0.3 is 10.4 Å². The first-order chi connectivity index (χ1) is 7.74. The van der Waals surface area contributed by atoms with Crippen LogP contribution in [-0.4, -0.2) is 34.1 Å². The van der Waals surface area contributed by atoms with Crippen LogP contribution < -0.4 is 5.32 Å². The second-order valence-electron chi connectivity index (χ2n) is 3.03. The van der Waals surface area contributed by atoms with Crippen LogP contribution in [0.25, 0.3) is 0 Å². The summed E-state index contributed by atoms with van der Waals surface area (Å²) in [7, 11) is 0. The van der Waals surface area contributed by atoms with Crippen LogP contribution in [0.2, 0.25) is 0 Å². The number of thioether (sulfide) groups is 1. The Morgan fingerprint density at radius 2 is 2.44 bits per heavy atom. The SMILES string of the molecule is C=CCSCCNc1ccc(C(=O)O)cn1. The topological polar surface area (TPSA) is 62.2 Å². The maximum atomic E-state index is 10.6. The summed E-state index contributed by atoms with van der Waals surface area (Å²) < 4.78 is 0. The Hall–Kier alpha value is -1.49. The summed E-state index contributed by atoms with van der Waals surface area (Å²) >= 11 is 1.78. The number of hydrogen-bond donors (Lipinski definition) is 2. The van der Waals surface area contributed by atoms with Crippen molar-refractivity contribution in [3.8, 4) is 0 Å². The highest BCUT2D eigenvalue weighted by Crippen LogP contribution is 2.06. The van der Waals surface area contributed by atoms with Crippen molar-refractivity contribution in [1.82, 2.24) is 4.98 Å². The molecule has 0 spiro atoms. The fraction of sp³-hybridized carbons (Fsp3) is 0.273. The first kappa shape index (κ1) is 12.6.